The molecule has 0 radical (unpaired) electrons. The average molecular weight is 604 g/mol. The predicted molar refractivity (Wildman–Crippen MR) is 154 cm³/mol. The Morgan fingerprint density at radius 2 is 1.66 bits per heavy atom. The van der Waals surface area contributed by atoms with Crippen LogP contribution >= 0.6 is 0 Å². The number of aromatic nitrogens is 2. The van der Waals surface area contributed by atoms with Crippen molar-refractivity contribution >= 4 is 16.7 Å². The molecule has 2 heterocycles. The molecule has 2 atom stereocenters. The lowest BCUT2D eigenvalue weighted by molar-refractivity contribution is -0.248. The van der Waals surface area contributed by atoms with Crippen LogP contribution in [0.3, 0.4) is 0 Å². The number of alkyl halides is 3. The van der Waals surface area contributed by atoms with Crippen LogP contribution in [-0.2, 0) is 27.6 Å². The summed E-state index contributed by atoms with van der Waals surface area (Å²) < 4.78 is 56.0. The zero-order valence-electron chi connectivity index (χ0n) is 23.4. The number of hydrogen-bond donors (Lipinski definition) is 0. The topological polar surface area (TPSA) is 86.9 Å². The molecule has 5 aromatic rings. The Balaban J connectivity index is 1.12. The van der Waals surface area contributed by atoms with Gasteiger partial charge in [-0.3, -0.25) is 0 Å². The molecule has 44 heavy (non-hydrogen) atoms. The number of ether oxygens (including phenoxy) is 2. The maximum absolute atomic E-state index is 12.9. The highest BCUT2D eigenvalue weighted by atomic mass is 19.4. The van der Waals surface area contributed by atoms with E-state index in [1.807, 2.05) is 84.9 Å². The second-order valence-corrected chi connectivity index (χ2v) is 10.4. The first-order valence-corrected chi connectivity index (χ1v) is 14.1. The van der Waals surface area contributed by atoms with Crippen molar-refractivity contribution < 1.29 is 36.8 Å². The lowest BCUT2D eigenvalue weighted by Crippen LogP contribution is -2.46. The second-order valence-electron chi connectivity index (χ2n) is 10.4. The number of hydroxylamine groups is 2. The first kappa shape index (κ1) is 29.3. The third kappa shape index (κ3) is 7.07. The van der Waals surface area contributed by atoms with Gasteiger partial charge in [0.1, 0.15) is 5.75 Å². The maximum atomic E-state index is 12.9. The fourth-order valence-corrected chi connectivity index (χ4v) is 5.20. The Bertz CT molecular complexity index is 1710. The Morgan fingerprint density at radius 3 is 2.43 bits per heavy atom. The molecule has 1 fully saturated rings. The molecule has 1 aliphatic rings. The third-order valence-corrected chi connectivity index (χ3v) is 7.41. The summed E-state index contributed by atoms with van der Waals surface area (Å²) in [6.45, 7) is 0.434. The van der Waals surface area contributed by atoms with Crippen molar-refractivity contribution in [3.05, 3.63) is 114 Å². The summed E-state index contributed by atoms with van der Waals surface area (Å²) in [5.74, 6) is -1.02. The highest BCUT2D eigenvalue weighted by molar-refractivity contribution is 5.83. The van der Waals surface area contributed by atoms with Gasteiger partial charge in [-0.25, -0.2) is 4.79 Å². The van der Waals surface area contributed by atoms with Gasteiger partial charge in [0.05, 0.1) is 19.3 Å². The van der Waals surface area contributed by atoms with E-state index < -0.39 is 18.2 Å². The van der Waals surface area contributed by atoms with E-state index in [1.165, 1.54) is 0 Å². The van der Waals surface area contributed by atoms with E-state index in [4.69, 9.17) is 14.0 Å². The van der Waals surface area contributed by atoms with Crippen LogP contribution in [0.15, 0.2) is 102 Å². The quantitative estimate of drug-likeness (QED) is 0.181. The minimum absolute atomic E-state index is 0.0147. The molecule has 226 valence electrons. The second kappa shape index (κ2) is 12.9. The van der Waals surface area contributed by atoms with E-state index in [9.17, 15) is 18.0 Å². The van der Waals surface area contributed by atoms with Crippen LogP contribution < -0.4 is 4.74 Å². The van der Waals surface area contributed by atoms with Gasteiger partial charge in [0, 0.05) is 18.0 Å². The number of rotatable bonds is 9. The number of carbonyl (C=O) groups excluding carboxylic acids is 1. The SMILES string of the molecule is O=C(ON1CCC(c2ccc(OCc3nc(-c4ccccc4)no3)cc2)C(OCc2ccc3ccccc3c2)C1)C(F)(F)F. The van der Waals surface area contributed by atoms with Gasteiger partial charge in [-0.05, 0) is 46.5 Å². The summed E-state index contributed by atoms with van der Waals surface area (Å²) in [7, 11) is 0. The van der Waals surface area contributed by atoms with E-state index in [-0.39, 0.29) is 32.2 Å². The monoisotopic (exact) mass is 603 g/mol. The summed E-state index contributed by atoms with van der Waals surface area (Å²) in [6, 6.07) is 30.8. The predicted octanol–water partition coefficient (Wildman–Crippen LogP) is 6.86. The van der Waals surface area contributed by atoms with Gasteiger partial charge in [-0.2, -0.15) is 18.2 Å². The van der Waals surface area contributed by atoms with E-state index in [1.54, 1.807) is 12.1 Å². The fourth-order valence-electron chi connectivity index (χ4n) is 5.20. The van der Waals surface area contributed by atoms with Crippen LogP contribution in [-0.4, -0.2) is 46.5 Å². The first-order valence-electron chi connectivity index (χ1n) is 14.1. The number of fused-ring (bicyclic) bond motifs is 1. The standard InChI is InChI=1S/C33H28F3N3O5/c34-33(35,36)32(40)44-39-17-16-28(29(19-39)42-20-22-10-11-23-6-4-5-9-26(23)18-22)24-12-14-27(15-13-24)41-21-30-37-31(38-43-30)25-7-2-1-3-8-25/h1-15,18,28-29H,16-17,19-21H2. The highest BCUT2D eigenvalue weighted by Gasteiger charge is 2.44. The fraction of sp³-hybridized carbons (Fsp3) is 0.242. The van der Waals surface area contributed by atoms with Gasteiger partial charge >= 0.3 is 12.1 Å². The van der Waals surface area contributed by atoms with E-state index in [2.05, 4.69) is 15.0 Å². The Labute approximate surface area is 250 Å². The van der Waals surface area contributed by atoms with Gasteiger partial charge in [0.25, 0.3) is 5.89 Å². The van der Waals surface area contributed by atoms with Crippen molar-refractivity contribution in [2.45, 2.75) is 37.8 Å². The number of hydrogen-bond acceptors (Lipinski definition) is 8. The molecule has 0 aliphatic carbocycles. The van der Waals surface area contributed by atoms with Crippen LogP contribution in [0.5, 0.6) is 5.75 Å². The third-order valence-electron chi connectivity index (χ3n) is 7.41. The average Bonchev–Trinajstić information content (AvgIpc) is 3.52. The van der Waals surface area contributed by atoms with Crippen LogP contribution in [0.4, 0.5) is 13.2 Å². The number of benzene rings is 4. The highest BCUT2D eigenvalue weighted by Crippen LogP contribution is 2.33. The summed E-state index contributed by atoms with van der Waals surface area (Å²) in [5.41, 5.74) is 2.68. The van der Waals surface area contributed by atoms with E-state index >= 15 is 0 Å². The molecule has 11 heteroatoms. The lowest BCUT2D eigenvalue weighted by Gasteiger charge is -2.37. The number of carbonyl (C=O) groups is 1. The van der Waals surface area contributed by atoms with Crippen LogP contribution in [0, 0.1) is 0 Å². The van der Waals surface area contributed by atoms with Gasteiger partial charge < -0.3 is 18.8 Å². The van der Waals surface area contributed by atoms with Gasteiger partial charge in [0.15, 0.2) is 6.61 Å². The molecule has 2 unspecified atom stereocenters. The number of nitrogens with zero attached hydrogens (tertiary/aromatic N) is 3. The van der Waals surface area contributed by atoms with E-state index in [0.717, 1.165) is 32.5 Å². The van der Waals surface area contributed by atoms with Gasteiger partial charge in [-0.15, -0.1) is 5.06 Å². The lowest BCUT2D eigenvalue weighted by atomic mass is 9.87. The first-order chi connectivity index (χ1) is 21.3. The van der Waals surface area contributed by atoms with Gasteiger partial charge in [0.2, 0.25) is 5.82 Å². The molecule has 0 saturated carbocycles. The zero-order valence-corrected chi connectivity index (χ0v) is 23.4. The molecule has 0 spiro atoms. The Kier molecular flexibility index (Phi) is 8.58. The van der Waals surface area contributed by atoms with Crippen LogP contribution in [0.1, 0.15) is 29.4 Å². The molecule has 0 bridgehead atoms. The largest absolute Gasteiger partial charge is 0.492 e. The van der Waals surface area contributed by atoms with Gasteiger partial charge in [-0.1, -0.05) is 84.0 Å². The van der Waals surface area contributed by atoms with Crippen molar-refractivity contribution in [2.75, 3.05) is 13.1 Å². The molecular formula is C33H28F3N3O5. The van der Waals surface area contributed by atoms with Crippen molar-refractivity contribution in [1.82, 2.24) is 15.2 Å². The van der Waals surface area contributed by atoms with Crippen molar-refractivity contribution in [2.24, 2.45) is 0 Å². The summed E-state index contributed by atoms with van der Waals surface area (Å²) in [4.78, 5) is 20.5. The summed E-state index contributed by atoms with van der Waals surface area (Å²) in [6.07, 6.45) is -5.21. The number of piperidine rings is 1. The molecule has 0 N–H and O–H groups in total. The normalized spacial score (nSPS) is 17.4. The molecule has 1 aliphatic heterocycles. The molecule has 0 amide bonds. The minimum Gasteiger partial charge on any atom is -0.484 e. The molecular weight excluding hydrogens is 575 g/mol. The molecule has 6 rings (SSSR count). The number of halogens is 3. The smallest absolute Gasteiger partial charge is 0.484 e. The van der Waals surface area contributed by atoms with Crippen molar-refractivity contribution in [1.29, 1.82) is 0 Å². The van der Waals surface area contributed by atoms with E-state index in [0.29, 0.717) is 23.9 Å². The summed E-state index contributed by atoms with van der Waals surface area (Å²) >= 11 is 0. The van der Waals surface area contributed by atoms with Crippen molar-refractivity contribution in [3.63, 3.8) is 0 Å². The maximum Gasteiger partial charge on any atom is 0.492 e. The summed E-state index contributed by atoms with van der Waals surface area (Å²) in [5, 5.41) is 7.18. The molecule has 1 saturated heterocycles. The minimum atomic E-state index is -5.08. The Morgan fingerprint density at radius 1 is 0.909 bits per heavy atom. The zero-order chi connectivity index (χ0) is 30.5. The van der Waals surface area contributed by atoms with Crippen LogP contribution in [0.2, 0.25) is 0 Å². The Hall–Kier alpha value is -4.74. The van der Waals surface area contributed by atoms with Crippen LogP contribution in [0.25, 0.3) is 22.2 Å². The molecule has 8 nitrogen and oxygen atoms in total. The van der Waals surface area contributed by atoms with Crippen molar-refractivity contribution in [3.8, 4) is 17.1 Å². The molecule has 4 aromatic carbocycles. The molecule has 1 aromatic heterocycles.